The molecule has 1 aromatic carbocycles. The van der Waals surface area contributed by atoms with Crippen LogP contribution in [0.15, 0.2) is 47.1 Å². The second-order valence-electron chi connectivity index (χ2n) is 6.90. The largest absolute Gasteiger partial charge is 0.497 e. The predicted molar refractivity (Wildman–Crippen MR) is 103 cm³/mol. The van der Waals surface area contributed by atoms with Crippen LogP contribution in [0.5, 0.6) is 5.75 Å². The first kappa shape index (κ1) is 17.8. The molecule has 0 spiro atoms. The van der Waals surface area contributed by atoms with Crippen LogP contribution in [-0.2, 0) is 0 Å². The maximum absolute atomic E-state index is 5.52. The third-order valence-corrected chi connectivity index (χ3v) is 5.15. The number of piperazine rings is 1. The van der Waals surface area contributed by atoms with Gasteiger partial charge in [0.15, 0.2) is 5.76 Å². The topological polar surface area (TPSA) is 59.6 Å². The molecule has 142 valence electrons. The van der Waals surface area contributed by atoms with Crippen molar-refractivity contribution in [1.82, 2.24) is 24.6 Å². The minimum absolute atomic E-state index is 0.150. The number of likely N-dealkylation sites (N-methyl/N-ethyl adjacent to an activating group) is 1. The summed E-state index contributed by atoms with van der Waals surface area (Å²) >= 11 is 0. The molecule has 0 aliphatic carbocycles. The quantitative estimate of drug-likeness (QED) is 0.691. The van der Waals surface area contributed by atoms with Crippen LogP contribution in [0.4, 0.5) is 0 Å². The summed E-state index contributed by atoms with van der Waals surface area (Å²) in [4.78, 5) is 9.64. The summed E-state index contributed by atoms with van der Waals surface area (Å²) in [6.45, 7) is 6.35. The molecular weight excluding hydrogens is 342 g/mol. The number of aromatic nitrogens is 3. The summed E-state index contributed by atoms with van der Waals surface area (Å²) in [7, 11) is 3.83. The molecule has 7 heteroatoms. The minimum Gasteiger partial charge on any atom is -0.497 e. The zero-order chi connectivity index (χ0) is 18.8. The molecule has 0 amide bonds. The Morgan fingerprint density at radius 3 is 2.44 bits per heavy atom. The van der Waals surface area contributed by atoms with Crippen LogP contribution in [0.1, 0.15) is 18.8 Å². The van der Waals surface area contributed by atoms with Gasteiger partial charge < -0.3 is 14.1 Å². The third-order valence-electron chi connectivity index (χ3n) is 5.15. The average Bonchev–Trinajstić information content (AvgIpc) is 3.38. The Morgan fingerprint density at radius 1 is 1.07 bits per heavy atom. The van der Waals surface area contributed by atoms with E-state index in [1.165, 1.54) is 0 Å². The first-order valence-electron chi connectivity index (χ1n) is 9.23. The van der Waals surface area contributed by atoms with Crippen molar-refractivity contribution in [3.63, 3.8) is 0 Å². The SMILES string of the molecule is COc1ccc(-n2nc(-c3ccco3)nc2[C@H](C)N2CCN(C)CC2)cc1. The molecule has 0 unspecified atom stereocenters. The van der Waals surface area contributed by atoms with E-state index in [2.05, 4.69) is 23.8 Å². The fraction of sp³-hybridized carbons (Fsp3) is 0.400. The van der Waals surface area contributed by atoms with Crippen LogP contribution in [0.3, 0.4) is 0 Å². The Labute approximate surface area is 159 Å². The van der Waals surface area contributed by atoms with Gasteiger partial charge in [-0.05, 0) is 50.4 Å². The molecule has 4 rings (SSSR count). The van der Waals surface area contributed by atoms with Crippen molar-refractivity contribution in [3.05, 3.63) is 48.5 Å². The van der Waals surface area contributed by atoms with E-state index in [0.717, 1.165) is 43.4 Å². The van der Waals surface area contributed by atoms with Gasteiger partial charge in [-0.15, -0.1) is 5.10 Å². The molecule has 3 aromatic rings. The summed E-state index contributed by atoms with van der Waals surface area (Å²) in [6.07, 6.45) is 1.65. The van der Waals surface area contributed by atoms with Gasteiger partial charge in [0.05, 0.1) is 25.1 Å². The zero-order valence-electron chi connectivity index (χ0n) is 16.0. The molecule has 2 aromatic heterocycles. The summed E-state index contributed by atoms with van der Waals surface area (Å²) in [5.74, 6) is 3.01. The van der Waals surface area contributed by atoms with Gasteiger partial charge in [-0.1, -0.05) is 0 Å². The van der Waals surface area contributed by atoms with Gasteiger partial charge in [0.1, 0.15) is 11.6 Å². The van der Waals surface area contributed by atoms with Crippen molar-refractivity contribution >= 4 is 0 Å². The molecule has 3 heterocycles. The standard InChI is InChI=1S/C20H25N5O2/c1-15(24-12-10-23(2)11-13-24)20-21-19(18-5-4-14-27-18)22-25(20)16-6-8-17(26-3)9-7-16/h4-9,14-15H,10-13H2,1-3H3/t15-/m0/s1. The Morgan fingerprint density at radius 2 is 1.81 bits per heavy atom. The zero-order valence-corrected chi connectivity index (χ0v) is 16.0. The summed E-state index contributed by atoms with van der Waals surface area (Å²) in [5, 5.41) is 4.74. The molecule has 0 bridgehead atoms. The fourth-order valence-electron chi connectivity index (χ4n) is 3.39. The molecule has 1 atom stereocenters. The van der Waals surface area contributed by atoms with Gasteiger partial charge in [-0.3, -0.25) is 4.90 Å². The number of benzene rings is 1. The van der Waals surface area contributed by atoms with Crippen molar-refractivity contribution < 1.29 is 9.15 Å². The van der Waals surface area contributed by atoms with Crippen molar-refractivity contribution in [2.75, 3.05) is 40.3 Å². The van der Waals surface area contributed by atoms with E-state index in [4.69, 9.17) is 19.2 Å². The van der Waals surface area contributed by atoms with Crippen molar-refractivity contribution in [2.45, 2.75) is 13.0 Å². The number of ether oxygens (including phenoxy) is 1. The van der Waals surface area contributed by atoms with Gasteiger partial charge in [-0.25, -0.2) is 9.67 Å². The lowest BCUT2D eigenvalue weighted by molar-refractivity contribution is 0.114. The number of methoxy groups -OCH3 is 1. The van der Waals surface area contributed by atoms with Crippen molar-refractivity contribution in [3.8, 4) is 23.0 Å². The summed E-state index contributed by atoms with van der Waals surface area (Å²) in [5.41, 5.74) is 0.956. The maximum Gasteiger partial charge on any atom is 0.217 e. The highest BCUT2D eigenvalue weighted by Gasteiger charge is 2.26. The van der Waals surface area contributed by atoms with E-state index >= 15 is 0 Å². The van der Waals surface area contributed by atoms with Crippen molar-refractivity contribution in [1.29, 1.82) is 0 Å². The Hall–Kier alpha value is -2.64. The van der Waals surface area contributed by atoms with E-state index in [-0.39, 0.29) is 6.04 Å². The number of hydrogen-bond acceptors (Lipinski definition) is 6. The molecular formula is C20H25N5O2. The maximum atomic E-state index is 5.52. The highest BCUT2D eigenvalue weighted by Crippen LogP contribution is 2.27. The lowest BCUT2D eigenvalue weighted by atomic mass is 10.2. The van der Waals surface area contributed by atoms with E-state index in [0.29, 0.717) is 11.6 Å². The van der Waals surface area contributed by atoms with Crippen LogP contribution in [0, 0.1) is 0 Å². The predicted octanol–water partition coefficient (Wildman–Crippen LogP) is 2.84. The second kappa shape index (κ2) is 7.54. The molecule has 1 saturated heterocycles. The highest BCUT2D eigenvalue weighted by atomic mass is 16.5. The van der Waals surface area contributed by atoms with E-state index in [1.807, 2.05) is 41.1 Å². The Balaban J connectivity index is 1.71. The second-order valence-corrected chi connectivity index (χ2v) is 6.90. The van der Waals surface area contributed by atoms with Gasteiger partial charge >= 0.3 is 0 Å². The van der Waals surface area contributed by atoms with Crippen LogP contribution < -0.4 is 4.74 Å². The average molecular weight is 367 g/mol. The Bertz CT molecular complexity index is 864. The summed E-state index contributed by atoms with van der Waals surface area (Å²) in [6, 6.07) is 11.8. The smallest absolute Gasteiger partial charge is 0.217 e. The number of rotatable bonds is 5. The van der Waals surface area contributed by atoms with E-state index in [1.54, 1.807) is 13.4 Å². The molecule has 1 aliphatic heterocycles. The van der Waals surface area contributed by atoms with Gasteiger partial charge in [0.25, 0.3) is 0 Å². The first-order valence-corrected chi connectivity index (χ1v) is 9.23. The molecule has 7 nitrogen and oxygen atoms in total. The van der Waals surface area contributed by atoms with Gasteiger partial charge in [-0.2, -0.15) is 0 Å². The van der Waals surface area contributed by atoms with E-state index in [9.17, 15) is 0 Å². The van der Waals surface area contributed by atoms with Crippen LogP contribution >= 0.6 is 0 Å². The normalized spacial score (nSPS) is 17.1. The summed E-state index contributed by atoms with van der Waals surface area (Å²) < 4.78 is 12.7. The highest BCUT2D eigenvalue weighted by molar-refractivity contribution is 5.47. The van der Waals surface area contributed by atoms with Gasteiger partial charge in [0.2, 0.25) is 5.82 Å². The van der Waals surface area contributed by atoms with Gasteiger partial charge in [0, 0.05) is 26.2 Å². The fourth-order valence-corrected chi connectivity index (χ4v) is 3.39. The third kappa shape index (κ3) is 3.61. The number of nitrogens with zero attached hydrogens (tertiary/aromatic N) is 5. The van der Waals surface area contributed by atoms with Crippen LogP contribution in [-0.4, -0.2) is 64.9 Å². The molecule has 27 heavy (non-hydrogen) atoms. The monoisotopic (exact) mass is 367 g/mol. The first-order chi connectivity index (χ1) is 13.2. The molecule has 0 radical (unpaired) electrons. The molecule has 0 saturated carbocycles. The lowest BCUT2D eigenvalue weighted by Crippen LogP contribution is -2.45. The van der Waals surface area contributed by atoms with E-state index < -0.39 is 0 Å². The molecule has 1 fully saturated rings. The lowest BCUT2D eigenvalue weighted by Gasteiger charge is -2.35. The number of furan rings is 1. The minimum atomic E-state index is 0.150. The van der Waals surface area contributed by atoms with Crippen LogP contribution in [0.25, 0.3) is 17.3 Å². The van der Waals surface area contributed by atoms with Crippen LogP contribution in [0.2, 0.25) is 0 Å². The molecule has 1 aliphatic rings. The number of hydrogen-bond donors (Lipinski definition) is 0. The molecule has 0 N–H and O–H groups in total. The Kier molecular flexibility index (Phi) is 4.96. The van der Waals surface area contributed by atoms with Crippen molar-refractivity contribution in [2.24, 2.45) is 0 Å².